The van der Waals surface area contributed by atoms with Crippen LogP contribution < -0.4 is 0 Å². The van der Waals surface area contributed by atoms with Crippen LogP contribution in [0.1, 0.15) is 2.85 Å². The summed E-state index contributed by atoms with van der Waals surface area (Å²) < 4.78 is 0. The van der Waals surface area contributed by atoms with Crippen LogP contribution in [0.4, 0.5) is 0 Å². The minimum atomic E-state index is 0. The minimum absolute atomic E-state index is 0. The van der Waals surface area contributed by atoms with Crippen molar-refractivity contribution in [2.24, 2.45) is 0 Å². The fourth-order valence-corrected chi connectivity index (χ4v) is 0. The number of halogens is 1. The second kappa shape index (κ2) is 152. The van der Waals surface area contributed by atoms with Gasteiger partial charge in [0.05, 0.1) is 0 Å². The maximum absolute atomic E-state index is 0. The van der Waals surface area contributed by atoms with E-state index in [1.807, 2.05) is 0 Å². The van der Waals surface area contributed by atoms with Crippen LogP contribution in [0.25, 0.3) is 0 Å². The second-order valence-electron chi connectivity index (χ2n) is 0. The van der Waals surface area contributed by atoms with Gasteiger partial charge in [-0.1, -0.05) is 0 Å². The van der Waals surface area contributed by atoms with Gasteiger partial charge < -0.3 is 24.8 Å². The maximum atomic E-state index is 0. The zero-order valence-electron chi connectivity index (χ0n) is 5.49. The van der Waals surface area contributed by atoms with Gasteiger partial charge >= 0.3 is 23.1 Å². The van der Waals surface area contributed by atoms with E-state index in [1.54, 1.807) is 0 Å². The molecule has 51 valence electrons. The predicted octanol–water partition coefficient (Wildman–Crippen LogP) is -3.04. The van der Waals surface area contributed by atoms with Crippen molar-refractivity contribution < 1.29 is 41.8 Å². The van der Waals surface area contributed by atoms with E-state index < -0.39 is 0 Å². The summed E-state index contributed by atoms with van der Waals surface area (Å²) >= 11 is 0. The van der Waals surface area contributed by atoms with Gasteiger partial charge in [0, 0.05) is 17.1 Å². The summed E-state index contributed by atoms with van der Waals surface area (Å²) in [5.74, 6) is 0. The summed E-state index contributed by atoms with van der Waals surface area (Å²) in [5.41, 5.74) is 0. The van der Waals surface area contributed by atoms with E-state index in [9.17, 15) is 0 Å². The van der Waals surface area contributed by atoms with Gasteiger partial charge in [0.1, 0.15) is 0 Å². The van der Waals surface area contributed by atoms with Gasteiger partial charge in [-0.2, -0.15) is 0 Å². The fourth-order valence-electron chi connectivity index (χ4n) is 0. The molecular formula is H11ClMgMnO4. The summed E-state index contributed by atoms with van der Waals surface area (Å²) in [6.07, 6.45) is 0. The average Bonchev–Trinajstić information content (AvgIpc) is 0. The Labute approximate surface area is 77.3 Å². The maximum Gasteiger partial charge on any atom is 2.00 e. The van der Waals surface area contributed by atoms with E-state index in [1.165, 1.54) is 0 Å². The van der Waals surface area contributed by atoms with Crippen LogP contribution in [-0.4, -0.2) is 45.0 Å². The first kappa shape index (κ1) is 231. The molecule has 0 aliphatic carbocycles. The first-order chi connectivity index (χ1) is 0. The van der Waals surface area contributed by atoms with Crippen molar-refractivity contribution in [2.45, 2.75) is 0 Å². The molecule has 0 aromatic rings. The van der Waals surface area contributed by atoms with Gasteiger partial charge in [-0.25, -0.2) is 0 Å². The normalized spacial score (nSPS) is 0. The van der Waals surface area contributed by atoms with Gasteiger partial charge in [-0.05, 0) is 0 Å². The van der Waals surface area contributed by atoms with Gasteiger partial charge in [-0.3, -0.25) is 0 Å². The van der Waals surface area contributed by atoms with Gasteiger partial charge in [0.15, 0.2) is 0 Å². The van der Waals surface area contributed by atoms with E-state index in [-0.39, 0.29) is 77.3 Å². The van der Waals surface area contributed by atoms with Crippen LogP contribution in [-0.2, 0) is 17.1 Å². The van der Waals surface area contributed by atoms with E-state index in [0.29, 0.717) is 0 Å². The SMILES string of the molecule is Cl.O.O.O.O.[H-].[H-].[Mg+2].[Mn]. The average molecular weight is 190 g/mol. The van der Waals surface area contributed by atoms with Crippen molar-refractivity contribution in [2.75, 3.05) is 0 Å². The van der Waals surface area contributed by atoms with Gasteiger partial charge in [0.2, 0.25) is 0 Å². The Hall–Kier alpha value is 1.42. The quantitative estimate of drug-likeness (QED) is 0.360. The first-order valence-corrected chi connectivity index (χ1v) is 0. The van der Waals surface area contributed by atoms with Gasteiger partial charge in [0.25, 0.3) is 0 Å². The molecule has 7 heteroatoms. The smallest absolute Gasteiger partial charge is 1.00 e. The van der Waals surface area contributed by atoms with Crippen LogP contribution in [0.15, 0.2) is 0 Å². The third kappa shape index (κ3) is 109. The molecule has 8 N–H and O–H groups in total. The molecule has 1 radical (unpaired) electrons. The summed E-state index contributed by atoms with van der Waals surface area (Å²) in [6.45, 7) is 0. The van der Waals surface area contributed by atoms with E-state index in [0.717, 1.165) is 0 Å². The van der Waals surface area contributed by atoms with E-state index in [2.05, 4.69) is 0 Å². The molecule has 0 saturated carbocycles. The zero-order chi connectivity index (χ0) is 0. The largest absolute Gasteiger partial charge is 2.00 e. The molecule has 0 unspecified atom stereocenters. The molecule has 0 aliphatic heterocycles. The van der Waals surface area contributed by atoms with E-state index >= 15 is 0 Å². The first-order valence-electron chi connectivity index (χ1n) is 0. The monoisotopic (exact) mass is 189 g/mol. The van der Waals surface area contributed by atoms with Crippen LogP contribution >= 0.6 is 12.4 Å². The second-order valence-corrected chi connectivity index (χ2v) is 0. The molecule has 0 saturated heterocycles. The van der Waals surface area contributed by atoms with Crippen LogP contribution in [0.5, 0.6) is 0 Å². The number of hydrogen-bond donors (Lipinski definition) is 0. The third-order valence-corrected chi connectivity index (χ3v) is 0. The van der Waals surface area contributed by atoms with Crippen molar-refractivity contribution >= 4 is 35.5 Å². The number of hydrogen-bond acceptors (Lipinski definition) is 0. The molecule has 0 aromatic carbocycles. The van der Waals surface area contributed by atoms with Crippen LogP contribution in [0, 0.1) is 0 Å². The molecule has 0 heterocycles. The van der Waals surface area contributed by atoms with Crippen LogP contribution in [0.2, 0.25) is 0 Å². The van der Waals surface area contributed by atoms with Crippen molar-refractivity contribution in [3.63, 3.8) is 0 Å². The Balaban J connectivity index is 0. The van der Waals surface area contributed by atoms with Crippen molar-refractivity contribution in [1.82, 2.24) is 0 Å². The Morgan fingerprint density at radius 3 is 0.714 bits per heavy atom. The Bertz CT molecular complexity index is 18.5. The summed E-state index contributed by atoms with van der Waals surface area (Å²) in [5, 5.41) is 0. The van der Waals surface area contributed by atoms with Crippen molar-refractivity contribution in [3.8, 4) is 0 Å². The molecule has 0 amide bonds. The zero-order valence-corrected chi connectivity index (χ0v) is 6.90. The molecule has 0 bridgehead atoms. The molecule has 0 aromatic heterocycles. The minimum Gasteiger partial charge on any atom is -1.00 e. The molecular weight excluding hydrogens is 179 g/mol. The predicted molar refractivity (Wildman–Crippen MR) is 29.7 cm³/mol. The number of rotatable bonds is 0. The summed E-state index contributed by atoms with van der Waals surface area (Å²) in [7, 11) is 0. The molecule has 0 atom stereocenters. The van der Waals surface area contributed by atoms with Gasteiger partial charge in [-0.15, -0.1) is 12.4 Å². The molecule has 0 spiro atoms. The molecule has 0 rings (SSSR count). The molecule has 7 heavy (non-hydrogen) atoms. The Kier molecular flexibility index (Phi) is 5020. The topological polar surface area (TPSA) is 126 Å². The van der Waals surface area contributed by atoms with Crippen LogP contribution in [0.3, 0.4) is 0 Å². The Morgan fingerprint density at radius 2 is 0.714 bits per heavy atom. The molecule has 0 fully saturated rings. The fraction of sp³-hybridized carbons (Fsp3) is 0. The van der Waals surface area contributed by atoms with E-state index in [4.69, 9.17) is 0 Å². The Morgan fingerprint density at radius 1 is 0.714 bits per heavy atom. The summed E-state index contributed by atoms with van der Waals surface area (Å²) in [6, 6.07) is 0. The van der Waals surface area contributed by atoms with Crippen molar-refractivity contribution in [1.29, 1.82) is 0 Å². The molecule has 0 aliphatic rings. The summed E-state index contributed by atoms with van der Waals surface area (Å²) in [4.78, 5) is 0. The standard InChI is InChI=1S/ClH.Mg.Mn.4H2O.2H/h1H;;;4*1H2;;/q;+2;;;;;;2*-1. The van der Waals surface area contributed by atoms with Crippen molar-refractivity contribution in [3.05, 3.63) is 0 Å². The third-order valence-electron chi connectivity index (χ3n) is 0. The molecule has 4 nitrogen and oxygen atoms in total.